The molecule has 0 radical (unpaired) electrons. The second-order valence-electron chi connectivity index (χ2n) is 3.14. The maximum atomic E-state index is 11.1. The number of aliphatic hydroxyl groups excluding tert-OH is 1. The monoisotopic (exact) mass is 217 g/mol. The molecule has 0 aromatic rings. The van der Waals surface area contributed by atoms with E-state index in [1.54, 1.807) is 6.92 Å². The van der Waals surface area contributed by atoms with Crippen LogP contribution in [0.5, 0.6) is 0 Å². The summed E-state index contributed by atoms with van der Waals surface area (Å²) in [7, 11) is 0. The van der Waals surface area contributed by atoms with E-state index in [1.165, 1.54) is 11.8 Å². The lowest BCUT2D eigenvalue weighted by Crippen LogP contribution is -2.32. The first-order chi connectivity index (χ1) is 7.11. The second-order valence-corrected chi connectivity index (χ2v) is 3.14. The quantitative estimate of drug-likeness (QED) is 0.617. The summed E-state index contributed by atoms with van der Waals surface area (Å²) in [4.78, 5) is 23.7. The van der Waals surface area contributed by atoms with E-state index in [1.807, 2.05) is 0 Å². The van der Waals surface area contributed by atoms with Gasteiger partial charge in [0.05, 0.1) is 13.0 Å². The van der Waals surface area contributed by atoms with Crippen LogP contribution in [-0.2, 0) is 14.3 Å². The third kappa shape index (κ3) is 6.90. The summed E-state index contributed by atoms with van der Waals surface area (Å²) in [5.74, 6) is -0.388. The number of aliphatic hydroxyl groups is 1. The number of nitrogens with zero attached hydrogens (tertiary/aromatic N) is 1. The highest BCUT2D eigenvalue weighted by Crippen LogP contribution is 1.96. The topological polar surface area (TPSA) is 66.8 Å². The largest absolute Gasteiger partial charge is 0.466 e. The van der Waals surface area contributed by atoms with Crippen molar-refractivity contribution >= 4 is 11.9 Å². The molecular weight excluding hydrogens is 198 g/mol. The molecule has 0 spiro atoms. The molecular formula is C10H19NO4. The third-order valence-corrected chi connectivity index (χ3v) is 1.92. The molecule has 1 N–H and O–H groups in total. The van der Waals surface area contributed by atoms with Crippen molar-refractivity contribution in [2.75, 3.05) is 26.3 Å². The van der Waals surface area contributed by atoms with E-state index >= 15 is 0 Å². The van der Waals surface area contributed by atoms with Gasteiger partial charge in [-0.3, -0.25) is 9.59 Å². The van der Waals surface area contributed by atoms with Gasteiger partial charge < -0.3 is 14.7 Å². The Hall–Kier alpha value is -1.10. The normalized spacial score (nSPS) is 9.80. The molecule has 0 atom stereocenters. The summed E-state index contributed by atoms with van der Waals surface area (Å²) in [6.45, 7) is 4.42. The Morgan fingerprint density at radius 3 is 2.47 bits per heavy atom. The van der Waals surface area contributed by atoms with Crippen LogP contribution in [0.1, 0.15) is 26.7 Å². The van der Waals surface area contributed by atoms with Gasteiger partial charge in [0.25, 0.3) is 0 Å². The summed E-state index contributed by atoms with van der Waals surface area (Å²) in [6.07, 6.45) is 0.737. The average molecular weight is 217 g/mol. The van der Waals surface area contributed by atoms with E-state index < -0.39 is 0 Å². The average Bonchev–Trinajstić information content (AvgIpc) is 2.17. The third-order valence-electron chi connectivity index (χ3n) is 1.92. The molecule has 15 heavy (non-hydrogen) atoms. The standard InChI is InChI=1S/C10H19NO4/c1-3-15-10(14)5-7-11(9(2)13)6-4-8-12/h12H,3-8H2,1-2H3. The van der Waals surface area contributed by atoms with Crippen LogP contribution in [0.3, 0.4) is 0 Å². The molecule has 0 aromatic carbocycles. The lowest BCUT2D eigenvalue weighted by Gasteiger charge is -2.19. The first-order valence-electron chi connectivity index (χ1n) is 5.13. The van der Waals surface area contributed by atoms with Gasteiger partial charge in [-0.05, 0) is 13.3 Å². The highest BCUT2D eigenvalue weighted by molar-refractivity contribution is 5.74. The van der Waals surface area contributed by atoms with E-state index in [0.29, 0.717) is 26.1 Å². The maximum absolute atomic E-state index is 11.1. The van der Waals surface area contributed by atoms with Crippen LogP contribution in [-0.4, -0.2) is 48.2 Å². The molecule has 0 heterocycles. The fraction of sp³-hybridized carbons (Fsp3) is 0.800. The molecule has 0 saturated carbocycles. The minimum atomic E-state index is -0.298. The van der Waals surface area contributed by atoms with Crippen molar-refractivity contribution in [3.63, 3.8) is 0 Å². The van der Waals surface area contributed by atoms with Crippen LogP contribution in [0.4, 0.5) is 0 Å². The van der Waals surface area contributed by atoms with E-state index in [4.69, 9.17) is 9.84 Å². The number of amides is 1. The van der Waals surface area contributed by atoms with Gasteiger partial charge >= 0.3 is 5.97 Å². The Labute approximate surface area is 90.0 Å². The Morgan fingerprint density at radius 2 is 2.00 bits per heavy atom. The Kier molecular flexibility index (Phi) is 7.62. The molecule has 0 aliphatic rings. The zero-order chi connectivity index (χ0) is 11.7. The summed E-state index contributed by atoms with van der Waals surface area (Å²) < 4.78 is 4.75. The van der Waals surface area contributed by atoms with E-state index in [9.17, 15) is 9.59 Å². The van der Waals surface area contributed by atoms with Gasteiger partial charge in [-0.1, -0.05) is 0 Å². The summed E-state index contributed by atoms with van der Waals surface area (Å²) >= 11 is 0. The molecule has 5 heteroatoms. The Morgan fingerprint density at radius 1 is 1.33 bits per heavy atom. The molecule has 5 nitrogen and oxygen atoms in total. The molecule has 0 fully saturated rings. The number of hydrogen-bond donors (Lipinski definition) is 1. The van der Waals surface area contributed by atoms with E-state index in [2.05, 4.69) is 0 Å². The van der Waals surface area contributed by atoms with Gasteiger partial charge in [-0.25, -0.2) is 0 Å². The zero-order valence-electron chi connectivity index (χ0n) is 9.36. The first-order valence-corrected chi connectivity index (χ1v) is 5.13. The molecule has 0 aliphatic carbocycles. The van der Waals surface area contributed by atoms with E-state index in [0.717, 1.165) is 0 Å². The number of hydrogen-bond acceptors (Lipinski definition) is 4. The number of carbonyl (C=O) groups excluding carboxylic acids is 2. The van der Waals surface area contributed by atoms with Gasteiger partial charge in [0.1, 0.15) is 0 Å². The minimum Gasteiger partial charge on any atom is -0.466 e. The van der Waals surface area contributed by atoms with Crippen LogP contribution in [0.2, 0.25) is 0 Å². The molecule has 0 bridgehead atoms. The van der Waals surface area contributed by atoms with Crippen LogP contribution < -0.4 is 0 Å². The van der Waals surface area contributed by atoms with E-state index in [-0.39, 0.29) is 24.9 Å². The number of rotatable bonds is 7. The van der Waals surface area contributed by atoms with Crippen molar-refractivity contribution in [3.8, 4) is 0 Å². The lowest BCUT2D eigenvalue weighted by atomic mass is 10.3. The highest BCUT2D eigenvalue weighted by Gasteiger charge is 2.10. The van der Waals surface area contributed by atoms with Crippen molar-refractivity contribution in [3.05, 3.63) is 0 Å². The summed E-state index contributed by atoms with van der Waals surface area (Å²) in [5, 5.41) is 8.63. The highest BCUT2D eigenvalue weighted by atomic mass is 16.5. The summed E-state index contributed by atoms with van der Waals surface area (Å²) in [5.41, 5.74) is 0. The maximum Gasteiger partial charge on any atom is 0.307 e. The van der Waals surface area contributed by atoms with Crippen LogP contribution in [0.15, 0.2) is 0 Å². The van der Waals surface area contributed by atoms with Crippen molar-refractivity contribution in [1.82, 2.24) is 4.90 Å². The fourth-order valence-corrected chi connectivity index (χ4v) is 1.15. The molecule has 0 saturated heterocycles. The lowest BCUT2D eigenvalue weighted by molar-refractivity contribution is -0.143. The Balaban J connectivity index is 3.85. The molecule has 0 unspecified atom stereocenters. The van der Waals surface area contributed by atoms with Gasteiger partial charge in [0, 0.05) is 26.6 Å². The Bertz CT molecular complexity index is 204. The number of ether oxygens (including phenoxy) is 1. The van der Waals surface area contributed by atoms with Gasteiger partial charge in [-0.2, -0.15) is 0 Å². The SMILES string of the molecule is CCOC(=O)CCN(CCCO)C(C)=O. The van der Waals surface area contributed by atoms with Gasteiger partial charge in [0.2, 0.25) is 5.91 Å². The molecule has 0 aliphatic heterocycles. The van der Waals surface area contributed by atoms with Gasteiger partial charge in [-0.15, -0.1) is 0 Å². The molecule has 0 aromatic heterocycles. The van der Waals surface area contributed by atoms with Crippen molar-refractivity contribution < 1.29 is 19.4 Å². The van der Waals surface area contributed by atoms with Crippen molar-refractivity contribution in [2.45, 2.75) is 26.7 Å². The van der Waals surface area contributed by atoms with Crippen molar-refractivity contribution in [1.29, 1.82) is 0 Å². The number of esters is 1. The molecule has 1 amide bonds. The fourth-order valence-electron chi connectivity index (χ4n) is 1.15. The molecule has 88 valence electrons. The van der Waals surface area contributed by atoms with Crippen LogP contribution >= 0.6 is 0 Å². The second kappa shape index (κ2) is 8.23. The smallest absolute Gasteiger partial charge is 0.307 e. The van der Waals surface area contributed by atoms with Crippen LogP contribution in [0.25, 0.3) is 0 Å². The number of carbonyl (C=O) groups is 2. The van der Waals surface area contributed by atoms with Crippen LogP contribution in [0, 0.1) is 0 Å². The predicted octanol–water partition coefficient (Wildman–Crippen LogP) is 0.171. The zero-order valence-corrected chi connectivity index (χ0v) is 9.36. The minimum absolute atomic E-state index is 0.0448. The van der Waals surface area contributed by atoms with Crippen molar-refractivity contribution in [2.24, 2.45) is 0 Å². The summed E-state index contributed by atoms with van der Waals surface area (Å²) in [6, 6.07) is 0. The van der Waals surface area contributed by atoms with Gasteiger partial charge in [0.15, 0.2) is 0 Å². The molecule has 0 rings (SSSR count). The predicted molar refractivity (Wildman–Crippen MR) is 55.2 cm³/mol. The first kappa shape index (κ1) is 13.9.